The van der Waals surface area contributed by atoms with Crippen LogP contribution in [-0.4, -0.2) is 37.7 Å². The third-order valence-corrected chi connectivity index (χ3v) is 2.97. The Morgan fingerprint density at radius 1 is 1.50 bits per heavy atom. The van der Waals surface area contributed by atoms with Crippen molar-refractivity contribution in [3.05, 3.63) is 0 Å². The van der Waals surface area contributed by atoms with E-state index in [-0.39, 0.29) is 0 Å². The number of piperidine rings is 1. The molecule has 2 unspecified atom stereocenters. The van der Waals surface area contributed by atoms with Crippen molar-refractivity contribution in [2.45, 2.75) is 44.7 Å². The maximum Gasteiger partial charge on any atom is 0.312 e. The van der Waals surface area contributed by atoms with E-state index in [1.807, 2.05) is 0 Å². The van der Waals surface area contributed by atoms with Gasteiger partial charge in [-0.05, 0) is 32.7 Å². The van der Waals surface area contributed by atoms with Gasteiger partial charge in [0.25, 0.3) is 0 Å². The standard InChI is InChI=1S/C11H24N4O/c1-9(13-6-7-15-11(12)16)8-10-4-2-3-5-14-10/h9-10,13-14H,2-8H2,1H3,(H3,12,15,16). The van der Waals surface area contributed by atoms with E-state index in [9.17, 15) is 4.79 Å². The number of primary amides is 1. The largest absolute Gasteiger partial charge is 0.352 e. The molecular weight excluding hydrogens is 204 g/mol. The second-order valence-electron chi connectivity index (χ2n) is 4.53. The monoisotopic (exact) mass is 228 g/mol. The number of nitrogens with two attached hydrogens (primary N) is 1. The Morgan fingerprint density at radius 2 is 2.31 bits per heavy atom. The van der Waals surface area contributed by atoms with Gasteiger partial charge in [0.1, 0.15) is 0 Å². The van der Waals surface area contributed by atoms with Gasteiger partial charge in [-0.25, -0.2) is 4.79 Å². The number of hydrogen-bond donors (Lipinski definition) is 4. The molecule has 0 aromatic carbocycles. The third kappa shape index (κ3) is 5.92. The van der Waals surface area contributed by atoms with Crippen LogP contribution in [0.25, 0.3) is 0 Å². The molecule has 0 bridgehead atoms. The average Bonchev–Trinajstić information content (AvgIpc) is 2.25. The molecule has 0 aliphatic carbocycles. The Morgan fingerprint density at radius 3 is 2.94 bits per heavy atom. The van der Waals surface area contributed by atoms with E-state index in [1.54, 1.807) is 0 Å². The molecule has 94 valence electrons. The van der Waals surface area contributed by atoms with E-state index < -0.39 is 6.03 Å². The summed E-state index contributed by atoms with van der Waals surface area (Å²) in [4.78, 5) is 10.4. The predicted octanol–water partition coefficient (Wildman–Crippen LogP) is 0.165. The zero-order valence-corrected chi connectivity index (χ0v) is 10.1. The number of rotatable bonds is 6. The second kappa shape index (κ2) is 7.46. The van der Waals surface area contributed by atoms with Crippen LogP contribution in [0.5, 0.6) is 0 Å². The quantitative estimate of drug-likeness (QED) is 0.489. The maximum atomic E-state index is 10.4. The van der Waals surface area contributed by atoms with E-state index in [0.29, 0.717) is 18.6 Å². The number of carbonyl (C=O) groups is 1. The smallest absolute Gasteiger partial charge is 0.312 e. The highest BCUT2D eigenvalue weighted by Gasteiger charge is 2.14. The van der Waals surface area contributed by atoms with E-state index in [1.165, 1.54) is 19.3 Å². The highest BCUT2D eigenvalue weighted by atomic mass is 16.2. The summed E-state index contributed by atoms with van der Waals surface area (Å²) in [6.07, 6.45) is 5.08. The molecule has 0 radical (unpaired) electrons. The molecule has 5 heteroatoms. The molecule has 0 spiro atoms. The van der Waals surface area contributed by atoms with Gasteiger partial charge in [0, 0.05) is 25.2 Å². The maximum absolute atomic E-state index is 10.4. The minimum absolute atomic E-state index is 0.455. The van der Waals surface area contributed by atoms with Crippen LogP contribution in [-0.2, 0) is 0 Å². The zero-order chi connectivity index (χ0) is 11.8. The molecule has 5 N–H and O–H groups in total. The highest BCUT2D eigenvalue weighted by Crippen LogP contribution is 2.11. The lowest BCUT2D eigenvalue weighted by molar-refractivity contribution is 0.248. The van der Waals surface area contributed by atoms with Crippen LogP contribution in [0.3, 0.4) is 0 Å². The molecule has 1 aliphatic rings. The Bertz CT molecular complexity index is 204. The fraction of sp³-hybridized carbons (Fsp3) is 0.909. The first kappa shape index (κ1) is 13.3. The molecule has 5 nitrogen and oxygen atoms in total. The van der Waals surface area contributed by atoms with Gasteiger partial charge in [0.2, 0.25) is 0 Å². The first-order chi connectivity index (χ1) is 7.68. The number of carbonyl (C=O) groups excluding carboxylic acids is 1. The fourth-order valence-corrected chi connectivity index (χ4v) is 2.14. The zero-order valence-electron chi connectivity index (χ0n) is 10.1. The van der Waals surface area contributed by atoms with Gasteiger partial charge in [-0.1, -0.05) is 6.42 Å². The van der Waals surface area contributed by atoms with Gasteiger partial charge in [0.15, 0.2) is 0 Å². The summed E-state index contributed by atoms with van der Waals surface area (Å²) in [5, 5.41) is 9.47. The molecule has 1 heterocycles. The molecule has 1 fully saturated rings. The molecule has 1 aliphatic heterocycles. The van der Waals surface area contributed by atoms with Crippen LogP contribution in [0.1, 0.15) is 32.6 Å². The molecule has 0 aromatic rings. The molecule has 16 heavy (non-hydrogen) atoms. The first-order valence-electron chi connectivity index (χ1n) is 6.18. The molecular formula is C11H24N4O. The molecule has 2 atom stereocenters. The van der Waals surface area contributed by atoms with Gasteiger partial charge in [-0.15, -0.1) is 0 Å². The lowest BCUT2D eigenvalue weighted by atomic mass is 9.99. The van der Waals surface area contributed by atoms with Gasteiger partial charge in [-0.3, -0.25) is 0 Å². The SMILES string of the molecule is CC(CC1CCCCN1)NCCNC(N)=O. The van der Waals surface area contributed by atoms with Crippen LogP contribution < -0.4 is 21.7 Å². The van der Waals surface area contributed by atoms with Crippen LogP contribution in [0.15, 0.2) is 0 Å². The van der Waals surface area contributed by atoms with Crippen LogP contribution in [0.2, 0.25) is 0 Å². The molecule has 0 saturated carbocycles. The van der Waals surface area contributed by atoms with Crippen molar-refractivity contribution in [2.24, 2.45) is 5.73 Å². The normalized spacial score (nSPS) is 22.7. The number of urea groups is 1. The van der Waals surface area contributed by atoms with Crippen molar-refractivity contribution >= 4 is 6.03 Å². The lowest BCUT2D eigenvalue weighted by Gasteiger charge is -2.26. The van der Waals surface area contributed by atoms with Crippen molar-refractivity contribution < 1.29 is 4.79 Å². The number of nitrogens with one attached hydrogen (secondary N) is 3. The van der Waals surface area contributed by atoms with Gasteiger partial charge < -0.3 is 21.7 Å². The molecule has 1 rings (SSSR count). The minimum Gasteiger partial charge on any atom is -0.352 e. The topological polar surface area (TPSA) is 79.2 Å². The van der Waals surface area contributed by atoms with E-state index >= 15 is 0 Å². The third-order valence-electron chi connectivity index (χ3n) is 2.97. The fourth-order valence-electron chi connectivity index (χ4n) is 2.14. The summed E-state index contributed by atoms with van der Waals surface area (Å²) in [6, 6.07) is 0.675. The Hall–Kier alpha value is -0.810. The van der Waals surface area contributed by atoms with E-state index in [2.05, 4.69) is 22.9 Å². The van der Waals surface area contributed by atoms with Gasteiger partial charge in [-0.2, -0.15) is 0 Å². The van der Waals surface area contributed by atoms with Crippen molar-refractivity contribution in [1.29, 1.82) is 0 Å². The molecule has 2 amide bonds. The van der Waals surface area contributed by atoms with Gasteiger partial charge in [0.05, 0.1) is 0 Å². The summed E-state index contributed by atoms with van der Waals surface area (Å²) >= 11 is 0. The van der Waals surface area contributed by atoms with Crippen LogP contribution in [0, 0.1) is 0 Å². The van der Waals surface area contributed by atoms with Crippen molar-refractivity contribution in [3.63, 3.8) is 0 Å². The van der Waals surface area contributed by atoms with Gasteiger partial charge >= 0.3 is 6.03 Å². The second-order valence-corrected chi connectivity index (χ2v) is 4.53. The van der Waals surface area contributed by atoms with E-state index in [4.69, 9.17) is 5.73 Å². The summed E-state index contributed by atoms with van der Waals surface area (Å²) in [5.74, 6) is 0. The summed E-state index contributed by atoms with van der Waals surface area (Å²) in [7, 11) is 0. The predicted molar refractivity (Wildman–Crippen MR) is 65.3 cm³/mol. The Balaban J connectivity index is 2.01. The average molecular weight is 228 g/mol. The summed E-state index contributed by atoms with van der Waals surface area (Å²) in [6.45, 7) is 4.70. The summed E-state index contributed by atoms with van der Waals surface area (Å²) < 4.78 is 0. The molecule has 0 aromatic heterocycles. The summed E-state index contributed by atoms with van der Waals surface area (Å²) in [5.41, 5.74) is 4.97. The minimum atomic E-state index is -0.455. The number of hydrogen-bond acceptors (Lipinski definition) is 3. The first-order valence-corrected chi connectivity index (χ1v) is 6.18. The Kier molecular flexibility index (Phi) is 6.18. The van der Waals surface area contributed by atoms with E-state index in [0.717, 1.165) is 19.5 Å². The van der Waals surface area contributed by atoms with Crippen LogP contribution >= 0.6 is 0 Å². The molecule has 1 saturated heterocycles. The number of amides is 2. The highest BCUT2D eigenvalue weighted by molar-refractivity contribution is 5.71. The van der Waals surface area contributed by atoms with Crippen LogP contribution in [0.4, 0.5) is 4.79 Å². The van der Waals surface area contributed by atoms with Crippen molar-refractivity contribution in [2.75, 3.05) is 19.6 Å². The lowest BCUT2D eigenvalue weighted by Crippen LogP contribution is -2.42. The van der Waals surface area contributed by atoms with Crippen molar-refractivity contribution in [1.82, 2.24) is 16.0 Å². The Labute approximate surface area is 97.5 Å². The van der Waals surface area contributed by atoms with Crippen molar-refractivity contribution in [3.8, 4) is 0 Å².